The van der Waals surface area contributed by atoms with Crippen LogP contribution < -0.4 is 5.32 Å². The van der Waals surface area contributed by atoms with Gasteiger partial charge in [0.2, 0.25) is 5.91 Å². The van der Waals surface area contributed by atoms with E-state index < -0.39 is 5.97 Å². The van der Waals surface area contributed by atoms with Gasteiger partial charge in [0, 0.05) is 29.3 Å². The van der Waals surface area contributed by atoms with Gasteiger partial charge in [-0.3, -0.25) is 9.59 Å². The molecular weight excluding hydrogens is 356 g/mol. The van der Waals surface area contributed by atoms with Crippen LogP contribution in [-0.2, 0) is 9.53 Å². The molecule has 0 saturated carbocycles. The maximum absolute atomic E-state index is 12.4. The lowest BCUT2D eigenvalue weighted by molar-refractivity contribution is -0.116. The lowest BCUT2D eigenvalue weighted by Gasteiger charge is -2.08. The number of aromatic nitrogens is 1. The van der Waals surface area contributed by atoms with E-state index in [-0.39, 0.29) is 24.2 Å². The lowest BCUT2D eigenvalue weighted by Crippen LogP contribution is -2.14. The molecule has 3 aromatic rings. The number of hydrogen-bond donors (Lipinski definition) is 1. The number of carbonyl (C=O) groups excluding carboxylic acids is 3. The van der Waals surface area contributed by atoms with Crippen LogP contribution in [-0.4, -0.2) is 28.8 Å². The van der Waals surface area contributed by atoms with E-state index in [0.29, 0.717) is 16.8 Å². The zero-order valence-corrected chi connectivity index (χ0v) is 15.2. The number of amides is 1. The third-order valence-electron chi connectivity index (χ3n) is 4.83. The van der Waals surface area contributed by atoms with Crippen molar-refractivity contribution >= 4 is 23.3 Å². The molecule has 0 radical (unpaired) electrons. The lowest BCUT2D eigenvalue weighted by atomic mass is 9.99. The maximum Gasteiger partial charge on any atom is 0.338 e. The van der Waals surface area contributed by atoms with E-state index in [1.165, 1.54) is 0 Å². The summed E-state index contributed by atoms with van der Waals surface area (Å²) in [7, 11) is 0. The summed E-state index contributed by atoms with van der Waals surface area (Å²) in [6.45, 7) is 1.43. The molecule has 6 heteroatoms. The first-order chi connectivity index (χ1) is 13.5. The fourth-order valence-corrected chi connectivity index (χ4v) is 3.16. The van der Waals surface area contributed by atoms with Gasteiger partial charge in [0.15, 0.2) is 12.4 Å². The number of nitrogens with one attached hydrogen (secondary N) is 1. The van der Waals surface area contributed by atoms with Crippen LogP contribution in [0, 0.1) is 0 Å². The van der Waals surface area contributed by atoms with Crippen molar-refractivity contribution in [3.05, 3.63) is 83.7 Å². The van der Waals surface area contributed by atoms with Gasteiger partial charge in [0.05, 0.1) is 11.5 Å². The molecule has 1 aromatic heterocycles. The Morgan fingerprint density at radius 2 is 1.71 bits per heavy atom. The molecule has 2 aromatic carbocycles. The van der Waals surface area contributed by atoms with Gasteiger partial charge in [-0.1, -0.05) is 0 Å². The standard InChI is InChI=1S/C22H18N2O4/c1-14-18-12-16(6-9-19(18)23-21(14)26)20(25)13-28-22(27)15-4-7-17(8-5-15)24-10-2-3-11-24/h2-12,14H,13H2,1H3,(H,23,26)/t14-/m0/s1. The summed E-state index contributed by atoms with van der Waals surface area (Å²) in [5.41, 5.74) is 3.21. The number of Topliss-reactive ketones (excluding diaryl/α,β-unsaturated/α-hetero) is 1. The summed E-state index contributed by atoms with van der Waals surface area (Å²) in [4.78, 5) is 36.3. The summed E-state index contributed by atoms with van der Waals surface area (Å²) >= 11 is 0. The van der Waals surface area contributed by atoms with Crippen LogP contribution in [0.2, 0.25) is 0 Å². The molecule has 0 fully saturated rings. The molecule has 1 atom stereocenters. The largest absolute Gasteiger partial charge is 0.454 e. The van der Waals surface area contributed by atoms with Gasteiger partial charge in [-0.05, 0) is 67.1 Å². The van der Waals surface area contributed by atoms with Crippen molar-refractivity contribution in [1.82, 2.24) is 4.57 Å². The third-order valence-corrected chi connectivity index (χ3v) is 4.83. The van der Waals surface area contributed by atoms with Crippen molar-refractivity contribution in [2.75, 3.05) is 11.9 Å². The second kappa shape index (κ2) is 7.15. The number of ketones is 1. The molecule has 2 heterocycles. The van der Waals surface area contributed by atoms with Crippen LogP contribution in [0.4, 0.5) is 5.69 Å². The van der Waals surface area contributed by atoms with E-state index in [1.807, 2.05) is 41.2 Å². The second-order valence-electron chi connectivity index (χ2n) is 6.65. The Hall–Kier alpha value is -3.67. The van der Waals surface area contributed by atoms with Crippen LogP contribution in [0.15, 0.2) is 67.0 Å². The Morgan fingerprint density at radius 1 is 1.04 bits per heavy atom. The van der Waals surface area contributed by atoms with E-state index in [0.717, 1.165) is 11.3 Å². The number of fused-ring (bicyclic) bond motifs is 1. The zero-order chi connectivity index (χ0) is 19.7. The van der Waals surface area contributed by atoms with Crippen LogP contribution >= 0.6 is 0 Å². The van der Waals surface area contributed by atoms with E-state index in [1.54, 1.807) is 37.3 Å². The molecule has 0 bridgehead atoms. The molecule has 1 amide bonds. The Balaban J connectivity index is 1.40. The number of anilines is 1. The number of nitrogens with zero attached hydrogens (tertiary/aromatic N) is 1. The van der Waals surface area contributed by atoms with Crippen molar-refractivity contribution in [2.24, 2.45) is 0 Å². The van der Waals surface area contributed by atoms with Crippen molar-refractivity contribution in [3.8, 4) is 5.69 Å². The van der Waals surface area contributed by atoms with Crippen molar-refractivity contribution in [2.45, 2.75) is 12.8 Å². The summed E-state index contributed by atoms with van der Waals surface area (Å²) in [6.07, 6.45) is 3.82. The molecule has 0 aliphatic carbocycles. The Labute approximate surface area is 161 Å². The first kappa shape index (κ1) is 17.7. The van der Waals surface area contributed by atoms with Gasteiger partial charge >= 0.3 is 5.97 Å². The monoisotopic (exact) mass is 374 g/mol. The third kappa shape index (κ3) is 3.32. The molecule has 0 unspecified atom stereocenters. The fourth-order valence-electron chi connectivity index (χ4n) is 3.16. The number of ether oxygens (including phenoxy) is 1. The highest BCUT2D eigenvalue weighted by molar-refractivity contribution is 6.05. The molecule has 1 N–H and O–H groups in total. The summed E-state index contributed by atoms with van der Waals surface area (Å²) in [5, 5.41) is 2.76. The molecular formula is C22H18N2O4. The van der Waals surface area contributed by atoms with Crippen molar-refractivity contribution in [3.63, 3.8) is 0 Å². The number of carbonyl (C=O) groups is 3. The molecule has 28 heavy (non-hydrogen) atoms. The molecule has 140 valence electrons. The first-order valence-corrected chi connectivity index (χ1v) is 8.91. The first-order valence-electron chi connectivity index (χ1n) is 8.91. The topological polar surface area (TPSA) is 77.4 Å². The van der Waals surface area contributed by atoms with Gasteiger partial charge in [-0.15, -0.1) is 0 Å². The highest BCUT2D eigenvalue weighted by Crippen LogP contribution is 2.32. The van der Waals surface area contributed by atoms with Crippen LogP contribution in [0.3, 0.4) is 0 Å². The average molecular weight is 374 g/mol. The highest BCUT2D eigenvalue weighted by atomic mass is 16.5. The maximum atomic E-state index is 12.4. The van der Waals surface area contributed by atoms with Gasteiger partial charge in [-0.25, -0.2) is 4.79 Å². The summed E-state index contributed by atoms with van der Waals surface area (Å²) in [5.74, 6) is -1.26. The van der Waals surface area contributed by atoms with Gasteiger partial charge in [-0.2, -0.15) is 0 Å². The van der Waals surface area contributed by atoms with Crippen LogP contribution in [0.5, 0.6) is 0 Å². The van der Waals surface area contributed by atoms with Crippen molar-refractivity contribution < 1.29 is 19.1 Å². The van der Waals surface area contributed by atoms with E-state index in [9.17, 15) is 14.4 Å². The van der Waals surface area contributed by atoms with Gasteiger partial charge in [0.1, 0.15) is 0 Å². The van der Waals surface area contributed by atoms with E-state index in [2.05, 4.69) is 5.32 Å². The van der Waals surface area contributed by atoms with Gasteiger partial charge in [0.25, 0.3) is 0 Å². The Bertz CT molecular complexity index is 1050. The average Bonchev–Trinajstić information content (AvgIpc) is 3.35. The molecule has 6 nitrogen and oxygen atoms in total. The Morgan fingerprint density at radius 3 is 2.43 bits per heavy atom. The van der Waals surface area contributed by atoms with Crippen LogP contribution in [0.25, 0.3) is 5.69 Å². The van der Waals surface area contributed by atoms with Gasteiger partial charge < -0.3 is 14.6 Å². The molecule has 0 saturated heterocycles. The fraction of sp³-hybridized carbons (Fsp3) is 0.136. The highest BCUT2D eigenvalue weighted by Gasteiger charge is 2.27. The zero-order valence-electron chi connectivity index (χ0n) is 15.2. The summed E-state index contributed by atoms with van der Waals surface area (Å²) < 4.78 is 7.09. The van der Waals surface area contributed by atoms with E-state index in [4.69, 9.17) is 4.74 Å². The predicted molar refractivity (Wildman–Crippen MR) is 104 cm³/mol. The minimum Gasteiger partial charge on any atom is -0.454 e. The molecule has 0 spiro atoms. The Kier molecular flexibility index (Phi) is 4.53. The normalized spacial score (nSPS) is 15.0. The molecule has 1 aliphatic heterocycles. The van der Waals surface area contributed by atoms with E-state index >= 15 is 0 Å². The van der Waals surface area contributed by atoms with Crippen LogP contribution in [0.1, 0.15) is 39.1 Å². The second-order valence-corrected chi connectivity index (χ2v) is 6.65. The quantitative estimate of drug-likeness (QED) is 0.547. The minimum absolute atomic E-state index is 0.0885. The SMILES string of the molecule is C[C@@H]1C(=O)Nc2ccc(C(=O)COC(=O)c3ccc(-n4cccc4)cc3)cc21. The minimum atomic E-state index is -0.557. The molecule has 4 rings (SSSR count). The smallest absolute Gasteiger partial charge is 0.338 e. The molecule has 1 aliphatic rings. The predicted octanol–water partition coefficient (Wildman–Crippen LogP) is 3.57. The summed E-state index contributed by atoms with van der Waals surface area (Å²) in [6, 6.07) is 15.8. The van der Waals surface area contributed by atoms with Crippen molar-refractivity contribution in [1.29, 1.82) is 0 Å². The number of hydrogen-bond acceptors (Lipinski definition) is 4. The number of benzene rings is 2. The number of esters is 1. The number of rotatable bonds is 5.